The standard InChI is InChI=1S/C43H50O6S3/c1-31-11-21-39(22-12-31)51(44,45)48-35-19-29-40(30-20-35)52(46,47)49-50(36-23-13-32(14-24-36)41(2,3)4,37-25-15-33(16-26-37)42(5,6)7)38-27-17-34(18-28-38)43(8,9)10/h11-30H,1-10H3. The molecule has 276 valence electrons. The van der Waals surface area contributed by atoms with Gasteiger partial charge in [-0.3, -0.25) is 0 Å². The van der Waals surface area contributed by atoms with Gasteiger partial charge in [0.15, 0.2) is 0 Å². The third kappa shape index (κ3) is 8.49. The largest absolute Gasteiger partial charge is 0.379 e. The summed E-state index contributed by atoms with van der Waals surface area (Å²) >= 11 is 0. The molecule has 0 heterocycles. The monoisotopic (exact) mass is 758 g/mol. The molecule has 6 nitrogen and oxygen atoms in total. The number of rotatable bonds is 9. The van der Waals surface area contributed by atoms with Crippen LogP contribution in [0.15, 0.2) is 146 Å². The molecular weight excluding hydrogens is 709 g/mol. The van der Waals surface area contributed by atoms with Crippen molar-refractivity contribution in [3.05, 3.63) is 144 Å². The second-order valence-electron chi connectivity index (χ2n) is 16.2. The van der Waals surface area contributed by atoms with Crippen molar-refractivity contribution in [2.75, 3.05) is 0 Å². The summed E-state index contributed by atoms with van der Waals surface area (Å²) in [5.41, 5.74) is 3.86. The molecule has 0 N–H and O–H groups in total. The van der Waals surface area contributed by atoms with Gasteiger partial charge in [-0.2, -0.15) is 16.8 Å². The van der Waals surface area contributed by atoms with E-state index in [1.54, 1.807) is 12.1 Å². The third-order valence-corrected chi connectivity index (χ3v) is 15.4. The van der Waals surface area contributed by atoms with Crippen LogP contribution in [0.4, 0.5) is 0 Å². The van der Waals surface area contributed by atoms with Gasteiger partial charge in [0, 0.05) is 14.7 Å². The average Bonchev–Trinajstić information content (AvgIpc) is 3.06. The van der Waals surface area contributed by atoms with E-state index in [4.69, 9.17) is 7.81 Å². The van der Waals surface area contributed by atoms with Gasteiger partial charge in [-0.05, 0) is 123 Å². The first-order valence-electron chi connectivity index (χ1n) is 17.2. The first-order chi connectivity index (χ1) is 24.0. The highest BCUT2D eigenvalue weighted by atomic mass is 32.3. The minimum absolute atomic E-state index is 0.000970. The van der Waals surface area contributed by atoms with Crippen LogP contribution in [0.3, 0.4) is 0 Å². The van der Waals surface area contributed by atoms with Gasteiger partial charge in [-0.1, -0.05) is 116 Å². The normalized spacial score (nSPS) is 13.5. The molecule has 0 unspecified atom stereocenters. The summed E-state index contributed by atoms with van der Waals surface area (Å²) in [5, 5.41) is 0. The third-order valence-electron chi connectivity index (χ3n) is 8.98. The van der Waals surface area contributed by atoms with Crippen molar-refractivity contribution >= 4 is 30.5 Å². The lowest BCUT2D eigenvalue weighted by Gasteiger charge is -2.40. The molecule has 0 aliphatic carbocycles. The van der Waals surface area contributed by atoms with Gasteiger partial charge in [0.05, 0.1) is 4.90 Å². The highest BCUT2D eigenvalue weighted by Gasteiger charge is 2.39. The Morgan fingerprint density at radius 1 is 0.385 bits per heavy atom. The lowest BCUT2D eigenvalue weighted by molar-refractivity contribution is 0.485. The Labute approximate surface area is 313 Å². The van der Waals surface area contributed by atoms with Gasteiger partial charge in [0.2, 0.25) is 0 Å². The van der Waals surface area contributed by atoms with Crippen molar-refractivity contribution in [1.82, 2.24) is 0 Å². The van der Waals surface area contributed by atoms with E-state index in [0.717, 1.165) is 36.9 Å². The van der Waals surface area contributed by atoms with E-state index in [1.165, 1.54) is 36.4 Å². The first kappa shape index (κ1) is 39.3. The first-order valence-corrected chi connectivity index (χ1v) is 21.6. The fraction of sp³-hybridized carbons (Fsp3) is 0.302. The zero-order valence-electron chi connectivity index (χ0n) is 31.7. The van der Waals surface area contributed by atoms with Crippen LogP contribution in [0.25, 0.3) is 0 Å². The molecule has 5 aromatic carbocycles. The van der Waals surface area contributed by atoms with Crippen molar-refractivity contribution in [2.45, 2.75) is 110 Å². The predicted molar refractivity (Wildman–Crippen MR) is 212 cm³/mol. The lowest BCUT2D eigenvalue weighted by Crippen LogP contribution is -2.17. The molecule has 0 aromatic heterocycles. The van der Waals surface area contributed by atoms with E-state index >= 15 is 0 Å². The Balaban J connectivity index is 1.66. The Hall–Kier alpha value is -3.89. The Bertz CT molecular complexity index is 2080. The van der Waals surface area contributed by atoms with Crippen LogP contribution in [0.5, 0.6) is 5.75 Å². The van der Waals surface area contributed by atoms with Gasteiger partial charge in [0.1, 0.15) is 10.6 Å². The van der Waals surface area contributed by atoms with Crippen LogP contribution in [0, 0.1) is 6.92 Å². The molecule has 0 amide bonds. The summed E-state index contributed by atoms with van der Waals surface area (Å²) in [6, 6.07) is 35.7. The van der Waals surface area contributed by atoms with Crippen LogP contribution in [0.1, 0.15) is 84.6 Å². The number of benzene rings is 5. The van der Waals surface area contributed by atoms with Gasteiger partial charge in [-0.15, -0.1) is 0 Å². The number of hydrogen-bond donors (Lipinski definition) is 0. The summed E-state index contributed by atoms with van der Waals surface area (Å²) in [4.78, 5) is 2.04. The SMILES string of the molecule is Cc1ccc(S(=O)(=O)Oc2ccc(S(=O)(=O)OS(c3ccc(C(C)(C)C)cc3)(c3ccc(C(C)(C)C)cc3)c3ccc(C(C)(C)C)cc3)cc2)cc1. The van der Waals surface area contributed by atoms with Crippen molar-refractivity contribution in [3.63, 3.8) is 0 Å². The number of hydrogen-bond acceptors (Lipinski definition) is 6. The molecule has 0 fully saturated rings. The minimum atomic E-state index is -4.46. The van der Waals surface area contributed by atoms with Crippen LogP contribution < -0.4 is 4.18 Å². The lowest BCUT2D eigenvalue weighted by atomic mass is 9.87. The van der Waals surface area contributed by atoms with Gasteiger partial charge < -0.3 is 4.18 Å². The molecule has 0 spiro atoms. The smallest absolute Gasteiger partial charge is 0.339 e. The van der Waals surface area contributed by atoms with Crippen LogP contribution >= 0.6 is 10.3 Å². The minimum Gasteiger partial charge on any atom is -0.379 e. The van der Waals surface area contributed by atoms with E-state index in [1.807, 2.05) is 79.7 Å². The van der Waals surface area contributed by atoms with Crippen molar-refractivity contribution in [2.24, 2.45) is 0 Å². The maximum Gasteiger partial charge on any atom is 0.339 e. The molecule has 0 saturated carbocycles. The second kappa shape index (κ2) is 14.2. The maximum absolute atomic E-state index is 14.5. The molecule has 52 heavy (non-hydrogen) atoms. The summed E-state index contributed by atoms with van der Waals surface area (Å²) < 4.78 is 67.0. The molecular formula is C43H50O6S3. The zero-order valence-corrected chi connectivity index (χ0v) is 34.2. The van der Waals surface area contributed by atoms with Crippen molar-refractivity contribution < 1.29 is 24.6 Å². The Morgan fingerprint density at radius 2 is 0.673 bits per heavy atom. The fourth-order valence-electron chi connectivity index (χ4n) is 5.68. The van der Waals surface area contributed by atoms with E-state index in [9.17, 15) is 16.8 Å². The van der Waals surface area contributed by atoms with E-state index < -0.39 is 30.5 Å². The average molecular weight is 759 g/mol. The van der Waals surface area contributed by atoms with Crippen LogP contribution in [0.2, 0.25) is 0 Å². The van der Waals surface area contributed by atoms with Crippen LogP contribution in [-0.2, 0) is 40.1 Å². The zero-order chi connectivity index (χ0) is 38.3. The summed E-state index contributed by atoms with van der Waals surface area (Å²) in [6.07, 6.45) is 0. The Kier molecular flexibility index (Phi) is 10.7. The van der Waals surface area contributed by atoms with Crippen molar-refractivity contribution in [3.8, 4) is 5.75 Å². The highest BCUT2D eigenvalue weighted by molar-refractivity contribution is 8.33. The molecule has 0 aliphatic rings. The van der Waals surface area contributed by atoms with Gasteiger partial charge in [0.25, 0.3) is 0 Å². The number of aryl methyl sites for hydroxylation is 1. The van der Waals surface area contributed by atoms with Crippen molar-refractivity contribution in [1.29, 1.82) is 0 Å². The predicted octanol–water partition coefficient (Wildman–Crippen LogP) is 11.3. The molecule has 9 heteroatoms. The highest BCUT2D eigenvalue weighted by Crippen LogP contribution is 2.70. The summed E-state index contributed by atoms with van der Waals surface area (Å²) in [6.45, 7) is 21.1. The summed E-state index contributed by atoms with van der Waals surface area (Å²) in [5.74, 6) is -0.0218. The molecule has 0 radical (unpaired) electrons. The molecule has 5 rings (SSSR count). The maximum atomic E-state index is 14.5. The second-order valence-corrected chi connectivity index (χ2v) is 22.2. The molecule has 0 aliphatic heterocycles. The summed E-state index contributed by atoms with van der Waals surface area (Å²) in [7, 11) is -11.5. The van der Waals surface area contributed by atoms with Gasteiger partial charge in [-0.25, -0.2) is 3.63 Å². The topological polar surface area (TPSA) is 86.7 Å². The molecule has 5 aromatic rings. The fourth-order valence-corrected chi connectivity index (χ4v) is 11.8. The quantitative estimate of drug-likeness (QED) is 0.139. The van der Waals surface area contributed by atoms with Gasteiger partial charge >= 0.3 is 20.2 Å². The molecule has 0 atom stereocenters. The molecule has 0 saturated heterocycles. The van der Waals surface area contributed by atoms with E-state index in [2.05, 4.69) is 62.3 Å². The van der Waals surface area contributed by atoms with E-state index in [0.29, 0.717) is 0 Å². The Morgan fingerprint density at radius 3 is 1.00 bits per heavy atom. The van der Waals surface area contributed by atoms with Crippen LogP contribution in [-0.4, -0.2) is 16.8 Å². The molecule has 0 bridgehead atoms. The van der Waals surface area contributed by atoms with E-state index in [-0.39, 0.29) is 31.8 Å².